The molecule has 2 aromatic rings. The average molecular weight is 309 g/mol. The van der Waals surface area contributed by atoms with Crippen LogP contribution in [0.15, 0.2) is 29.5 Å². The standard InChI is InChI=1S/C13H13ClN4O3/c1-18-12(9(14)7-16-18)13(20)17-15-6-8-3-4-10(19)11(5-8)21-2/h3-7,19H,1-2H3,(H,17,20)/b15-6+. The second-order valence-electron chi connectivity index (χ2n) is 4.10. The molecule has 1 aromatic carbocycles. The number of phenolic OH excluding ortho intramolecular Hbond substituents is 1. The first-order chi connectivity index (χ1) is 10.0. The van der Waals surface area contributed by atoms with E-state index in [9.17, 15) is 9.90 Å². The predicted octanol–water partition coefficient (Wildman–Crippen LogP) is 1.55. The lowest BCUT2D eigenvalue weighted by Gasteiger charge is -2.03. The van der Waals surface area contributed by atoms with E-state index in [-0.39, 0.29) is 16.5 Å². The maximum absolute atomic E-state index is 11.9. The second kappa shape index (κ2) is 6.27. The van der Waals surface area contributed by atoms with Crippen LogP contribution >= 0.6 is 11.6 Å². The quantitative estimate of drug-likeness (QED) is 0.662. The van der Waals surface area contributed by atoms with Crippen LogP contribution in [0.3, 0.4) is 0 Å². The van der Waals surface area contributed by atoms with Crippen LogP contribution in [0, 0.1) is 0 Å². The zero-order chi connectivity index (χ0) is 15.4. The highest BCUT2D eigenvalue weighted by Gasteiger charge is 2.14. The SMILES string of the molecule is COc1cc(/C=N/NC(=O)c2c(Cl)cnn2C)ccc1O. The third-order valence-electron chi connectivity index (χ3n) is 2.69. The number of hydrogen-bond donors (Lipinski definition) is 2. The fourth-order valence-electron chi connectivity index (χ4n) is 1.66. The Labute approximate surface area is 125 Å². The molecule has 0 saturated heterocycles. The van der Waals surface area contributed by atoms with E-state index in [1.165, 1.54) is 30.3 Å². The highest BCUT2D eigenvalue weighted by molar-refractivity contribution is 6.33. The minimum Gasteiger partial charge on any atom is -0.504 e. The number of halogens is 1. The topological polar surface area (TPSA) is 88.7 Å². The zero-order valence-electron chi connectivity index (χ0n) is 11.4. The molecule has 1 heterocycles. The Bertz CT molecular complexity index is 677. The number of amides is 1. The predicted molar refractivity (Wildman–Crippen MR) is 77.9 cm³/mol. The summed E-state index contributed by atoms with van der Waals surface area (Å²) in [6, 6.07) is 4.69. The molecule has 0 unspecified atom stereocenters. The number of nitrogens with zero attached hydrogens (tertiary/aromatic N) is 3. The summed E-state index contributed by atoms with van der Waals surface area (Å²) in [5.41, 5.74) is 3.22. The number of methoxy groups -OCH3 is 1. The third kappa shape index (κ3) is 3.32. The van der Waals surface area contributed by atoms with Crippen molar-refractivity contribution in [3.05, 3.63) is 40.7 Å². The Morgan fingerprint density at radius 2 is 2.33 bits per heavy atom. The minimum atomic E-state index is -0.470. The van der Waals surface area contributed by atoms with Crippen LogP contribution in [-0.2, 0) is 7.05 Å². The molecule has 8 heteroatoms. The molecule has 0 aliphatic carbocycles. The van der Waals surface area contributed by atoms with Crippen LogP contribution in [0.5, 0.6) is 11.5 Å². The highest BCUT2D eigenvalue weighted by Crippen LogP contribution is 2.25. The molecule has 0 fully saturated rings. The number of phenols is 1. The van der Waals surface area contributed by atoms with Crippen LogP contribution in [-0.4, -0.2) is 34.1 Å². The van der Waals surface area contributed by atoms with Crippen LogP contribution in [0.2, 0.25) is 5.02 Å². The van der Waals surface area contributed by atoms with Crippen LogP contribution < -0.4 is 10.2 Å². The number of aromatic nitrogens is 2. The number of nitrogens with one attached hydrogen (secondary N) is 1. The monoisotopic (exact) mass is 308 g/mol. The molecule has 1 aromatic heterocycles. The number of rotatable bonds is 4. The first-order valence-electron chi connectivity index (χ1n) is 5.91. The van der Waals surface area contributed by atoms with Crippen molar-refractivity contribution in [3.63, 3.8) is 0 Å². The van der Waals surface area contributed by atoms with Gasteiger partial charge in [-0.3, -0.25) is 9.48 Å². The van der Waals surface area contributed by atoms with E-state index in [0.717, 1.165) is 0 Å². The van der Waals surface area contributed by atoms with E-state index < -0.39 is 5.91 Å². The van der Waals surface area contributed by atoms with Gasteiger partial charge >= 0.3 is 0 Å². The summed E-state index contributed by atoms with van der Waals surface area (Å²) in [5, 5.41) is 17.4. The molecule has 0 radical (unpaired) electrons. The van der Waals surface area contributed by atoms with E-state index in [0.29, 0.717) is 11.3 Å². The van der Waals surface area contributed by atoms with Crippen LogP contribution in [0.25, 0.3) is 0 Å². The number of ether oxygens (including phenoxy) is 1. The molecule has 1 amide bonds. The Kier molecular flexibility index (Phi) is 4.44. The first-order valence-corrected chi connectivity index (χ1v) is 6.28. The first kappa shape index (κ1) is 14.9. The van der Waals surface area contributed by atoms with Gasteiger partial charge in [-0.05, 0) is 23.8 Å². The lowest BCUT2D eigenvalue weighted by molar-refractivity contribution is 0.0946. The van der Waals surface area contributed by atoms with Gasteiger partial charge in [0.15, 0.2) is 11.5 Å². The van der Waals surface area contributed by atoms with E-state index in [1.807, 2.05) is 0 Å². The molecule has 0 atom stereocenters. The molecule has 110 valence electrons. The molecular weight excluding hydrogens is 296 g/mol. The number of hydrazone groups is 1. The Balaban J connectivity index is 2.07. The summed E-state index contributed by atoms with van der Waals surface area (Å²) < 4.78 is 6.33. The largest absolute Gasteiger partial charge is 0.504 e. The maximum Gasteiger partial charge on any atom is 0.291 e. The van der Waals surface area contributed by atoms with Gasteiger partial charge in [-0.15, -0.1) is 0 Å². The summed E-state index contributed by atoms with van der Waals surface area (Å²) in [6.07, 6.45) is 2.80. The summed E-state index contributed by atoms with van der Waals surface area (Å²) in [6.45, 7) is 0. The van der Waals surface area contributed by atoms with E-state index >= 15 is 0 Å². The molecule has 0 bridgehead atoms. The molecule has 7 nitrogen and oxygen atoms in total. The van der Waals surface area contributed by atoms with Gasteiger partial charge in [0.05, 0.1) is 24.5 Å². The van der Waals surface area contributed by atoms with E-state index in [2.05, 4.69) is 15.6 Å². The molecule has 0 saturated carbocycles. The third-order valence-corrected chi connectivity index (χ3v) is 2.97. The van der Waals surface area contributed by atoms with Crippen molar-refractivity contribution < 1.29 is 14.6 Å². The van der Waals surface area contributed by atoms with Crippen molar-refractivity contribution >= 4 is 23.7 Å². The van der Waals surface area contributed by atoms with E-state index in [4.69, 9.17) is 16.3 Å². The minimum absolute atomic E-state index is 0.0281. The van der Waals surface area contributed by atoms with Crippen molar-refractivity contribution in [1.29, 1.82) is 0 Å². The van der Waals surface area contributed by atoms with Crippen molar-refractivity contribution in [2.75, 3.05) is 7.11 Å². The fraction of sp³-hybridized carbons (Fsp3) is 0.154. The Morgan fingerprint density at radius 1 is 1.57 bits per heavy atom. The van der Waals surface area contributed by atoms with Crippen LogP contribution in [0.1, 0.15) is 16.1 Å². The van der Waals surface area contributed by atoms with Gasteiger partial charge < -0.3 is 9.84 Å². The second-order valence-corrected chi connectivity index (χ2v) is 4.50. The molecule has 0 spiro atoms. The van der Waals surface area contributed by atoms with Gasteiger partial charge in [0.25, 0.3) is 5.91 Å². The van der Waals surface area contributed by atoms with Crippen molar-refractivity contribution in [2.24, 2.45) is 12.1 Å². The molecule has 21 heavy (non-hydrogen) atoms. The number of aryl methyl sites for hydroxylation is 1. The van der Waals surface area contributed by atoms with Gasteiger partial charge in [-0.2, -0.15) is 10.2 Å². The van der Waals surface area contributed by atoms with Crippen LogP contribution in [0.4, 0.5) is 0 Å². The van der Waals surface area contributed by atoms with Crippen molar-refractivity contribution in [2.45, 2.75) is 0 Å². The Hall–Kier alpha value is -2.54. The van der Waals surface area contributed by atoms with Gasteiger partial charge in [-0.25, -0.2) is 5.43 Å². The average Bonchev–Trinajstić information content (AvgIpc) is 2.80. The van der Waals surface area contributed by atoms with E-state index in [1.54, 1.807) is 19.2 Å². The smallest absolute Gasteiger partial charge is 0.291 e. The fourth-order valence-corrected chi connectivity index (χ4v) is 1.91. The normalized spacial score (nSPS) is 10.8. The Morgan fingerprint density at radius 3 is 2.95 bits per heavy atom. The summed E-state index contributed by atoms with van der Waals surface area (Å²) in [5.74, 6) is -0.123. The van der Waals surface area contributed by atoms with Gasteiger partial charge in [-0.1, -0.05) is 11.6 Å². The number of hydrogen-bond acceptors (Lipinski definition) is 5. The maximum atomic E-state index is 11.9. The molecule has 0 aliphatic heterocycles. The number of benzene rings is 1. The summed E-state index contributed by atoms with van der Waals surface area (Å²) in [4.78, 5) is 11.9. The zero-order valence-corrected chi connectivity index (χ0v) is 12.1. The molecular formula is C13H13ClN4O3. The van der Waals surface area contributed by atoms with Gasteiger partial charge in [0.2, 0.25) is 0 Å². The molecule has 2 rings (SSSR count). The highest BCUT2D eigenvalue weighted by atomic mass is 35.5. The van der Waals surface area contributed by atoms with Gasteiger partial charge in [0.1, 0.15) is 5.69 Å². The van der Waals surface area contributed by atoms with Crippen molar-refractivity contribution in [3.8, 4) is 11.5 Å². The lowest BCUT2D eigenvalue weighted by Crippen LogP contribution is -2.21. The lowest BCUT2D eigenvalue weighted by atomic mass is 10.2. The number of carbonyl (C=O) groups is 1. The molecule has 0 aliphatic rings. The number of carbonyl (C=O) groups excluding carboxylic acids is 1. The number of aromatic hydroxyl groups is 1. The van der Waals surface area contributed by atoms with Gasteiger partial charge in [0, 0.05) is 7.05 Å². The summed E-state index contributed by atoms with van der Waals surface area (Å²) in [7, 11) is 3.05. The molecule has 2 N–H and O–H groups in total. The van der Waals surface area contributed by atoms with Crippen molar-refractivity contribution in [1.82, 2.24) is 15.2 Å². The summed E-state index contributed by atoms with van der Waals surface area (Å²) >= 11 is 5.85.